The number of piperazine rings is 1. The van der Waals surface area contributed by atoms with E-state index in [1.54, 1.807) is 30.7 Å². The molecule has 4 aromatic heterocycles. The molecule has 1 aliphatic heterocycles. The van der Waals surface area contributed by atoms with Gasteiger partial charge < -0.3 is 14.8 Å². The van der Waals surface area contributed by atoms with Gasteiger partial charge in [0.05, 0.1) is 16.4 Å². The Morgan fingerprint density at radius 3 is 2.69 bits per heavy atom. The zero-order valence-electron chi connectivity index (χ0n) is 17.5. The molecule has 9 heteroatoms. The van der Waals surface area contributed by atoms with Gasteiger partial charge in [-0.1, -0.05) is 6.07 Å². The normalized spacial score (nSPS) is 15.1. The molecular formula is C23H21FN8. The Balaban J connectivity index is 1.48. The van der Waals surface area contributed by atoms with E-state index >= 15 is 4.39 Å². The van der Waals surface area contributed by atoms with Crippen LogP contribution in [0.15, 0.2) is 48.9 Å². The van der Waals surface area contributed by atoms with Crippen LogP contribution in [0.1, 0.15) is 0 Å². The minimum Gasteiger partial charge on any atom is -0.352 e. The van der Waals surface area contributed by atoms with Gasteiger partial charge >= 0.3 is 0 Å². The molecule has 2 N–H and O–H groups in total. The van der Waals surface area contributed by atoms with E-state index in [9.17, 15) is 0 Å². The number of nitrogens with one attached hydrogen (secondary N) is 2. The first-order chi connectivity index (χ1) is 15.7. The predicted octanol–water partition coefficient (Wildman–Crippen LogP) is 3.45. The molecule has 0 amide bonds. The predicted molar refractivity (Wildman–Crippen MR) is 122 cm³/mol. The third kappa shape index (κ3) is 3.01. The maximum absolute atomic E-state index is 15.6. The second-order valence-electron chi connectivity index (χ2n) is 8.07. The average molecular weight is 428 g/mol. The lowest BCUT2D eigenvalue weighted by atomic mass is 10.0. The molecule has 0 radical (unpaired) electrons. The molecule has 0 atom stereocenters. The zero-order valence-corrected chi connectivity index (χ0v) is 17.5. The summed E-state index contributed by atoms with van der Waals surface area (Å²) in [6, 6.07) is 9.09. The van der Waals surface area contributed by atoms with Gasteiger partial charge in [-0.15, -0.1) is 0 Å². The first kappa shape index (κ1) is 18.9. The quantitative estimate of drug-likeness (QED) is 0.458. The second kappa shape index (κ2) is 7.38. The molecule has 6 rings (SSSR count). The molecule has 0 unspecified atom stereocenters. The van der Waals surface area contributed by atoms with Crippen molar-refractivity contribution in [3.63, 3.8) is 0 Å². The fraction of sp³-hybridized carbons (Fsp3) is 0.217. The molecule has 0 saturated carbocycles. The fourth-order valence-electron chi connectivity index (χ4n) is 4.27. The van der Waals surface area contributed by atoms with Crippen molar-refractivity contribution in [1.82, 2.24) is 35.0 Å². The minimum atomic E-state index is -0.350. The van der Waals surface area contributed by atoms with Gasteiger partial charge in [0, 0.05) is 55.9 Å². The van der Waals surface area contributed by atoms with Crippen molar-refractivity contribution >= 4 is 27.8 Å². The van der Waals surface area contributed by atoms with E-state index < -0.39 is 0 Å². The molecule has 1 aromatic carbocycles. The van der Waals surface area contributed by atoms with Gasteiger partial charge in [0.25, 0.3) is 0 Å². The van der Waals surface area contributed by atoms with Crippen LogP contribution in [-0.2, 0) is 0 Å². The summed E-state index contributed by atoms with van der Waals surface area (Å²) in [5, 5.41) is 7.73. The number of aromatic nitrogens is 6. The van der Waals surface area contributed by atoms with E-state index in [0.29, 0.717) is 33.5 Å². The molecular weight excluding hydrogens is 407 g/mol. The van der Waals surface area contributed by atoms with Crippen molar-refractivity contribution in [2.45, 2.75) is 0 Å². The van der Waals surface area contributed by atoms with Crippen LogP contribution in [0, 0.1) is 5.82 Å². The van der Waals surface area contributed by atoms with E-state index in [0.717, 1.165) is 43.0 Å². The van der Waals surface area contributed by atoms with Crippen LogP contribution in [0.3, 0.4) is 0 Å². The van der Waals surface area contributed by atoms with Crippen molar-refractivity contribution in [3.05, 3.63) is 54.7 Å². The smallest absolute Gasteiger partial charge is 0.159 e. The van der Waals surface area contributed by atoms with Crippen LogP contribution in [0.2, 0.25) is 0 Å². The number of pyridine rings is 2. The number of H-pyrrole nitrogens is 2. The van der Waals surface area contributed by atoms with E-state index in [2.05, 4.69) is 42.0 Å². The Morgan fingerprint density at radius 2 is 1.88 bits per heavy atom. The Morgan fingerprint density at radius 1 is 1.00 bits per heavy atom. The maximum Gasteiger partial charge on any atom is 0.159 e. The Kier molecular flexibility index (Phi) is 4.36. The molecule has 0 spiro atoms. The molecule has 5 aromatic rings. The lowest BCUT2D eigenvalue weighted by Gasteiger charge is -2.33. The number of anilines is 1. The molecule has 0 bridgehead atoms. The highest BCUT2D eigenvalue weighted by atomic mass is 19.1. The summed E-state index contributed by atoms with van der Waals surface area (Å²) in [5.74, 6) is 1.00. The van der Waals surface area contributed by atoms with Crippen molar-refractivity contribution in [2.24, 2.45) is 0 Å². The first-order valence-corrected chi connectivity index (χ1v) is 10.5. The summed E-state index contributed by atoms with van der Waals surface area (Å²) in [6.45, 7) is 3.72. The topological polar surface area (TPSA) is 89.6 Å². The molecule has 5 heterocycles. The van der Waals surface area contributed by atoms with E-state index in [4.69, 9.17) is 4.98 Å². The summed E-state index contributed by atoms with van der Waals surface area (Å²) in [4.78, 5) is 21.4. The van der Waals surface area contributed by atoms with E-state index in [1.165, 1.54) is 0 Å². The van der Waals surface area contributed by atoms with Crippen LogP contribution in [0.25, 0.3) is 44.6 Å². The van der Waals surface area contributed by atoms with Gasteiger partial charge in [-0.3, -0.25) is 10.1 Å². The van der Waals surface area contributed by atoms with Crippen molar-refractivity contribution in [1.29, 1.82) is 0 Å². The summed E-state index contributed by atoms with van der Waals surface area (Å²) < 4.78 is 15.6. The van der Waals surface area contributed by atoms with E-state index in [1.807, 2.05) is 18.2 Å². The number of nitrogens with zero attached hydrogens (tertiary/aromatic N) is 6. The van der Waals surface area contributed by atoms with Gasteiger partial charge in [0.15, 0.2) is 11.6 Å². The summed E-state index contributed by atoms with van der Waals surface area (Å²) >= 11 is 0. The number of likely N-dealkylation sites (N-methyl/N-ethyl adjacent to an activating group) is 1. The molecule has 8 nitrogen and oxygen atoms in total. The summed E-state index contributed by atoms with van der Waals surface area (Å²) in [5.41, 5.74) is 3.87. The number of halogens is 1. The number of rotatable bonds is 3. The lowest BCUT2D eigenvalue weighted by molar-refractivity contribution is 0.312. The third-order valence-corrected chi connectivity index (χ3v) is 6.05. The standard InChI is InChI=1S/C23H21FN8/c1-31-9-11-32(12-10-31)23-20-17(6-8-26-23)27-22(28-20)21-18-16(29-30-21)5-4-15(19(18)24)14-3-2-7-25-13-14/h2-8,13H,9-12H2,1H3,(H,27,28)(H,29,30). The number of aromatic amines is 2. The highest BCUT2D eigenvalue weighted by Crippen LogP contribution is 2.34. The molecule has 1 saturated heterocycles. The van der Waals surface area contributed by atoms with Crippen LogP contribution >= 0.6 is 0 Å². The van der Waals surface area contributed by atoms with Crippen LogP contribution in [-0.4, -0.2) is 68.3 Å². The highest BCUT2D eigenvalue weighted by Gasteiger charge is 2.22. The first-order valence-electron chi connectivity index (χ1n) is 10.5. The van der Waals surface area contributed by atoms with Gasteiger partial charge in [0.1, 0.15) is 17.0 Å². The maximum atomic E-state index is 15.6. The summed E-state index contributed by atoms with van der Waals surface area (Å²) in [7, 11) is 2.12. The average Bonchev–Trinajstić information content (AvgIpc) is 3.45. The number of benzene rings is 1. The largest absolute Gasteiger partial charge is 0.352 e. The van der Waals surface area contributed by atoms with E-state index in [-0.39, 0.29) is 5.82 Å². The number of hydrogen-bond donors (Lipinski definition) is 2. The van der Waals surface area contributed by atoms with Gasteiger partial charge in [0.2, 0.25) is 0 Å². The number of imidazole rings is 1. The highest BCUT2D eigenvalue weighted by molar-refractivity contribution is 5.97. The van der Waals surface area contributed by atoms with Gasteiger partial charge in [-0.2, -0.15) is 5.10 Å². The van der Waals surface area contributed by atoms with Gasteiger partial charge in [-0.25, -0.2) is 14.4 Å². The third-order valence-electron chi connectivity index (χ3n) is 6.05. The number of hydrogen-bond acceptors (Lipinski definition) is 6. The second-order valence-corrected chi connectivity index (χ2v) is 8.07. The molecule has 160 valence electrons. The van der Waals surface area contributed by atoms with Crippen molar-refractivity contribution < 1.29 is 4.39 Å². The number of fused-ring (bicyclic) bond motifs is 2. The molecule has 1 fully saturated rings. The Labute approximate surface area is 183 Å². The molecule has 32 heavy (non-hydrogen) atoms. The Bertz CT molecular complexity index is 1420. The van der Waals surface area contributed by atoms with Gasteiger partial charge in [-0.05, 0) is 31.3 Å². The van der Waals surface area contributed by atoms with Crippen LogP contribution in [0.5, 0.6) is 0 Å². The van der Waals surface area contributed by atoms with Crippen LogP contribution < -0.4 is 4.90 Å². The molecule has 0 aliphatic carbocycles. The summed E-state index contributed by atoms with van der Waals surface area (Å²) in [6.07, 6.45) is 5.10. The van der Waals surface area contributed by atoms with Crippen molar-refractivity contribution in [2.75, 3.05) is 38.1 Å². The Hall–Kier alpha value is -3.85. The zero-order chi connectivity index (χ0) is 21.7. The minimum absolute atomic E-state index is 0.350. The monoisotopic (exact) mass is 428 g/mol. The SMILES string of the molecule is CN1CCN(c2nccc3[nH]c(-c4n[nH]c5ccc(-c6cccnc6)c(F)c45)nc23)CC1. The van der Waals surface area contributed by atoms with Crippen LogP contribution in [0.4, 0.5) is 10.2 Å². The van der Waals surface area contributed by atoms with Crippen molar-refractivity contribution in [3.8, 4) is 22.6 Å². The fourth-order valence-corrected chi connectivity index (χ4v) is 4.27. The lowest BCUT2D eigenvalue weighted by Crippen LogP contribution is -2.44. The molecule has 1 aliphatic rings.